The van der Waals surface area contributed by atoms with Crippen LogP contribution in [0.5, 0.6) is 5.75 Å². The number of nitrogens with zero attached hydrogens (tertiary/aromatic N) is 1. The Hall–Kier alpha value is -3.15. The smallest absolute Gasteiger partial charge is 0.272 e. The van der Waals surface area contributed by atoms with E-state index < -0.39 is 0 Å². The SMILES string of the molecule is O=C(NN=Cc1c(OCc2cccc(Br)c2)ccc2ccccc12)c1ccccc1Cl. The summed E-state index contributed by atoms with van der Waals surface area (Å²) in [5.41, 5.74) is 4.74. The predicted molar refractivity (Wildman–Crippen MR) is 129 cm³/mol. The van der Waals surface area contributed by atoms with Crippen molar-refractivity contribution in [3.05, 3.63) is 111 Å². The number of ether oxygens (including phenoxy) is 1. The summed E-state index contributed by atoms with van der Waals surface area (Å²) in [6.45, 7) is 0.407. The molecule has 1 amide bonds. The third-order valence-electron chi connectivity index (χ3n) is 4.69. The van der Waals surface area contributed by atoms with Crippen LogP contribution in [0.2, 0.25) is 5.02 Å². The lowest BCUT2D eigenvalue weighted by molar-refractivity contribution is 0.0955. The first-order chi connectivity index (χ1) is 15.1. The van der Waals surface area contributed by atoms with Gasteiger partial charge in [0.25, 0.3) is 5.91 Å². The molecule has 31 heavy (non-hydrogen) atoms. The number of carbonyl (C=O) groups excluding carboxylic acids is 1. The second-order valence-electron chi connectivity index (χ2n) is 6.80. The van der Waals surface area contributed by atoms with Crippen LogP contribution in [0.15, 0.2) is 94.5 Å². The molecule has 4 nitrogen and oxygen atoms in total. The first-order valence-corrected chi connectivity index (χ1v) is 10.8. The van der Waals surface area contributed by atoms with Gasteiger partial charge in [0.2, 0.25) is 0 Å². The van der Waals surface area contributed by atoms with Crippen molar-refractivity contribution in [3.8, 4) is 5.75 Å². The third kappa shape index (κ3) is 5.13. The number of amides is 1. The Morgan fingerprint density at radius 2 is 1.81 bits per heavy atom. The monoisotopic (exact) mass is 492 g/mol. The molecule has 0 fully saturated rings. The number of hydrogen-bond acceptors (Lipinski definition) is 3. The zero-order chi connectivity index (χ0) is 21.6. The molecule has 0 spiro atoms. The molecule has 0 aliphatic carbocycles. The summed E-state index contributed by atoms with van der Waals surface area (Å²) in [6, 6.07) is 26.7. The number of rotatable bonds is 6. The minimum atomic E-state index is -0.376. The van der Waals surface area contributed by atoms with E-state index in [9.17, 15) is 4.79 Å². The molecule has 6 heteroatoms. The van der Waals surface area contributed by atoms with Gasteiger partial charge in [-0.1, -0.05) is 82.1 Å². The molecule has 0 unspecified atom stereocenters. The van der Waals surface area contributed by atoms with Crippen LogP contribution in [0, 0.1) is 0 Å². The maximum Gasteiger partial charge on any atom is 0.272 e. The van der Waals surface area contributed by atoms with Crippen LogP contribution >= 0.6 is 27.5 Å². The van der Waals surface area contributed by atoms with Crippen molar-refractivity contribution >= 4 is 50.4 Å². The molecule has 0 heterocycles. The quantitative estimate of drug-likeness (QED) is 0.243. The zero-order valence-electron chi connectivity index (χ0n) is 16.4. The summed E-state index contributed by atoms with van der Waals surface area (Å²) in [4.78, 5) is 12.4. The van der Waals surface area contributed by atoms with Crippen LogP contribution in [0.4, 0.5) is 0 Å². The lowest BCUT2D eigenvalue weighted by Crippen LogP contribution is -2.18. The molecule has 4 rings (SSSR count). The van der Waals surface area contributed by atoms with E-state index in [0.717, 1.165) is 26.4 Å². The lowest BCUT2D eigenvalue weighted by atomic mass is 10.0. The zero-order valence-corrected chi connectivity index (χ0v) is 18.7. The predicted octanol–water partition coefficient (Wildman–Crippen LogP) is 6.60. The molecule has 4 aromatic rings. The number of hydrogen-bond donors (Lipinski definition) is 1. The van der Waals surface area contributed by atoms with Crippen molar-refractivity contribution in [2.24, 2.45) is 5.10 Å². The van der Waals surface area contributed by atoms with Gasteiger partial charge in [0.05, 0.1) is 16.8 Å². The second-order valence-corrected chi connectivity index (χ2v) is 8.12. The molecule has 0 radical (unpaired) electrons. The first kappa shape index (κ1) is 21.1. The minimum absolute atomic E-state index is 0.366. The highest BCUT2D eigenvalue weighted by Crippen LogP contribution is 2.27. The number of carbonyl (C=O) groups is 1. The molecule has 0 aliphatic rings. The number of halogens is 2. The summed E-state index contributed by atoms with van der Waals surface area (Å²) in [6.07, 6.45) is 1.60. The van der Waals surface area contributed by atoms with Gasteiger partial charge in [0, 0.05) is 10.0 Å². The maximum absolute atomic E-state index is 12.4. The normalized spacial score (nSPS) is 11.0. The summed E-state index contributed by atoms with van der Waals surface area (Å²) >= 11 is 9.57. The number of fused-ring (bicyclic) bond motifs is 1. The van der Waals surface area contributed by atoms with E-state index in [4.69, 9.17) is 16.3 Å². The van der Waals surface area contributed by atoms with E-state index in [1.165, 1.54) is 0 Å². The van der Waals surface area contributed by atoms with Crippen LogP contribution in [-0.4, -0.2) is 12.1 Å². The number of benzene rings is 4. The molecule has 0 saturated carbocycles. The van der Waals surface area contributed by atoms with Gasteiger partial charge in [-0.25, -0.2) is 5.43 Å². The van der Waals surface area contributed by atoms with Gasteiger partial charge in [-0.2, -0.15) is 5.10 Å². The molecule has 0 bridgehead atoms. The largest absolute Gasteiger partial charge is 0.488 e. The fourth-order valence-electron chi connectivity index (χ4n) is 3.18. The first-order valence-electron chi connectivity index (χ1n) is 9.59. The third-order valence-corrected chi connectivity index (χ3v) is 5.52. The average Bonchev–Trinajstić information content (AvgIpc) is 2.78. The second kappa shape index (κ2) is 9.77. The Morgan fingerprint density at radius 3 is 2.65 bits per heavy atom. The Balaban J connectivity index is 1.60. The van der Waals surface area contributed by atoms with Crippen LogP contribution in [0.3, 0.4) is 0 Å². The topological polar surface area (TPSA) is 50.7 Å². The van der Waals surface area contributed by atoms with Gasteiger partial charge in [0.15, 0.2) is 0 Å². The van der Waals surface area contributed by atoms with E-state index in [-0.39, 0.29) is 5.91 Å². The van der Waals surface area contributed by atoms with Crippen LogP contribution in [0.25, 0.3) is 10.8 Å². The molecule has 1 N–H and O–H groups in total. The van der Waals surface area contributed by atoms with Crippen molar-refractivity contribution in [2.45, 2.75) is 6.61 Å². The molecule has 0 atom stereocenters. The Bertz CT molecular complexity index is 1270. The van der Waals surface area contributed by atoms with Gasteiger partial charge in [-0.05, 0) is 46.7 Å². The fraction of sp³-hybridized carbons (Fsp3) is 0.0400. The highest BCUT2D eigenvalue weighted by atomic mass is 79.9. The maximum atomic E-state index is 12.4. The van der Waals surface area contributed by atoms with Gasteiger partial charge in [-0.3, -0.25) is 4.79 Å². The Morgan fingerprint density at radius 1 is 1.00 bits per heavy atom. The molecular weight excluding hydrogens is 476 g/mol. The lowest BCUT2D eigenvalue weighted by Gasteiger charge is -2.12. The van der Waals surface area contributed by atoms with Crippen LogP contribution in [-0.2, 0) is 6.61 Å². The Kier molecular flexibility index (Phi) is 6.65. The number of nitrogens with one attached hydrogen (secondary N) is 1. The highest BCUT2D eigenvalue weighted by molar-refractivity contribution is 9.10. The number of hydrazone groups is 1. The van der Waals surface area contributed by atoms with Gasteiger partial charge < -0.3 is 4.74 Å². The average molecular weight is 494 g/mol. The molecule has 0 saturated heterocycles. The molecule has 0 aliphatic heterocycles. The Labute approximate surface area is 193 Å². The van der Waals surface area contributed by atoms with E-state index in [1.54, 1.807) is 30.5 Å². The van der Waals surface area contributed by atoms with Crippen LogP contribution in [0.1, 0.15) is 21.5 Å². The molecule has 4 aromatic carbocycles. The summed E-state index contributed by atoms with van der Waals surface area (Å²) < 4.78 is 7.10. The standard InChI is InChI=1S/C25H18BrClN2O2/c26-19-8-5-6-17(14-19)16-31-24-13-12-18-7-1-2-9-20(18)22(24)15-28-29-25(30)21-10-3-4-11-23(21)27/h1-15H,16H2,(H,29,30). The summed E-state index contributed by atoms with van der Waals surface area (Å²) in [7, 11) is 0. The van der Waals surface area contributed by atoms with Crippen molar-refractivity contribution in [1.82, 2.24) is 5.43 Å². The van der Waals surface area contributed by atoms with Crippen LogP contribution < -0.4 is 10.2 Å². The van der Waals surface area contributed by atoms with Crippen molar-refractivity contribution in [3.63, 3.8) is 0 Å². The summed E-state index contributed by atoms with van der Waals surface area (Å²) in [5.74, 6) is 0.299. The van der Waals surface area contributed by atoms with Crippen molar-refractivity contribution < 1.29 is 9.53 Å². The van der Waals surface area contributed by atoms with Crippen molar-refractivity contribution in [2.75, 3.05) is 0 Å². The van der Waals surface area contributed by atoms with Gasteiger partial charge in [-0.15, -0.1) is 0 Å². The van der Waals surface area contributed by atoms with E-state index in [1.807, 2.05) is 60.7 Å². The highest BCUT2D eigenvalue weighted by Gasteiger charge is 2.10. The molecule has 0 aromatic heterocycles. The molecular formula is C25H18BrClN2O2. The van der Waals surface area contributed by atoms with Gasteiger partial charge >= 0.3 is 0 Å². The summed E-state index contributed by atoms with van der Waals surface area (Å²) in [5, 5.41) is 6.57. The van der Waals surface area contributed by atoms with E-state index in [0.29, 0.717) is 22.9 Å². The van der Waals surface area contributed by atoms with E-state index >= 15 is 0 Å². The fourth-order valence-corrected chi connectivity index (χ4v) is 3.85. The minimum Gasteiger partial charge on any atom is -0.488 e. The van der Waals surface area contributed by atoms with Gasteiger partial charge in [0.1, 0.15) is 12.4 Å². The van der Waals surface area contributed by atoms with E-state index in [2.05, 4.69) is 26.5 Å². The molecule has 154 valence electrons. The van der Waals surface area contributed by atoms with Crippen molar-refractivity contribution in [1.29, 1.82) is 0 Å².